The van der Waals surface area contributed by atoms with Crippen LogP contribution >= 0.6 is 0 Å². The van der Waals surface area contributed by atoms with E-state index in [1.54, 1.807) is 25.1 Å². The Balaban J connectivity index is 1.79. The van der Waals surface area contributed by atoms with Crippen molar-refractivity contribution in [2.24, 2.45) is 5.10 Å². The lowest BCUT2D eigenvalue weighted by Gasteiger charge is -2.15. The monoisotopic (exact) mass is 568 g/mol. The molecule has 0 aliphatic carbocycles. The summed E-state index contributed by atoms with van der Waals surface area (Å²) >= 11 is 0. The largest absolute Gasteiger partial charge is 0.493 e. The number of methoxy groups -OCH3 is 6. The van der Waals surface area contributed by atoms with E-state index in [1.165, 1.54) is 73.1 Å². The number of hydrogen-bond donors (Lipinski definition) is 1. The number of ether oxygens (including phenoxy) is 8. The fourth-order valence-corrected chi connectivity index (χ4v) is 3.76. The lowest BCUT2D eigenvalue weighted by atomic mass is 10.1. The third kappa shape index (κ3) is 7.10. The van der Waals surface area contributed by atoms with Gasteiger partial charge in [0.1, 0.15) is 0 Å². The van der Waals surface area contributed by atoms with E-state index in [9.17, 15) is 9.59 Å². The summed E-state index contributed by atoms with van der Waals surface area (Å²) < 4.78 is 43.1. The van der Waals surface area contributed by atoms with Crippen molar-refractivity contribution in [3.05, 3.63) is 59.2 Å². The molecule has 3 aromatic carbocycles. The van der Waals surface area contributed by atoms with E-state index in [0.29, 0.717) is 52.4 Å². The molecule has 1 N–H and O–H groups in total. The number of benzene rings is 3. The van der Waals surface area contributed by atoms with Gasteiger partial charge in [-0.15, -0.1) is 0 Å². The average Bonchev–Trinajstić information content (AvgIpc) is 3.00. The highest BCUT2D eigenvalue weighted by Crippen LogP contribution is 2.39. The highest BCUT2D eigenvalue weighted by Gasteiger charge is 2.20. The van der Waals surface area contributed by atoms with Crippen molar-refractivity contribution in [2.45, 2.75) is 6.92 Å². The number of nitrogens with zero attached hydrogens (tertiary/aromatic N) is 1. The molecule has 0 aliphatic rings. The molecule has 0 radical (unpaired) electrons. The summed E-state index contributed by atoms with van der Waals surface area (Å²) in [5, 5.41) is 4.03. The summed E-state index contributed by atoms with van der Waals surface area (Å²) in [4.78, 5) is 25.7. The molecule has 3 rings (SSSR count). The zero-order valence-electron chi connectivity index (χ0n) is 23.9. The third-order valence-electron chi connectivity index (χ3n) is 5.68. The van der Waals surface area contributed by atoms with Crippen molar-refractivity contribution < 1.29 is 47.5 Å². The predicted molar refractivity (Wildman–Crippen MR) is 150 cm³/mol. The van der Waals surface area contributed by atoms with Gasteiger partial charge in [-0.05, 0) is 55.0 Å². The van der Waals surface area contributed by atoms with E-state index in [2.05, 4.69) is 10.5 Å². The van der Waals surface area contributed by atoms with Gasteiger partial charge in [0.25, 0.3) is 5.91 Å². The van der Waals surface area contributed by atoms with Crippen LogP contribution in [0.2, 0.25) is 0 Å². The molecule has 0 spiro atoms. The quantitative estimate of drug-likeness (QED) is 0.139. The normalized spacial score (nSPS) is 10.5. The fourth-order valence-electron chi connectivity index (χ4n) is 3.76. The second-order valence-corrected chi connectivity index (χ2v) is 8.06. The molecule has 0 unspecified atom stereocenters. The number of carbonyl (C=O) groups excluding carboxylic acids is 2. The second-order valence-electron chi connectivity index (χ2n) is 8.06. The van der Waals surface area contributed by atoms with Crippen molar-refractivity contribution in [2.75, 3.05) is 49.3 Å². The second kappa shape index (κ2) is 14.3. The average molecular weight is 569 g/mol. The Morgan fingerprint density at radius 2 is 1.20 bits per heavy atom. The Bertz CT molecular complexity index is 1370. The Morgan fingerprint density at radius 3 is 1.66 bits per heavy atom. The maximum absolute atomic E-state index is 13.0. The summed E-state index contributed by atoms with van der Waals surface area (Å²) in [5.41, 5.74) is 3.47. The van der Waals surface area contributed by atoms with Crippen molar-refractivity contribution >= 4 is 18.1 Å². The molecule has 0 fully saturated rings. The summed E-state index contributed by atoms with van der Waals surface area (Å²) in [7, 11) is 8.76. The summed E-state index contributed by atoms with van der Waals surface area (Å²) in [5.74, 6) is 1.32. The first-order valence-electron chi connectivity index (χ1n) is 12.3. The topological polar surface area (TPSA) is 132 Å². The molecule has 0 heterocycles. The zero-order chi connectivity index (χ0) is 29.9. The van der Waals surface area contributed by atoms with Gasteiger partial charge in [-0.2, -0.15) is 5.10 Å². The molecule has 41 heavy (non-hydrogen) atoms. The number of hydrogen-bond acceptors (Lipinski definition) is 11. The number of esters is 1. The zero-order valence-corrected chi connectivity index (χ0v) is 23.9. The van der Waals surface area contributed by atoms with Crippen molar-refractivity contribution in [1.29, 1.82) is 0 Å². The van der Waals surface area contributed by atoms with E-state index in [0.717, 1.165) is 0 Å². The van der Waals surface area contributed by atoms with Crippen LogP contribution in [-0.4, -0.2) is 67.4 Å². The van der Waals surface area contributed by atoms with Gasteiger partial charge in [-0.25, -0.2) is 10.2 Å². The van der Waals surface area contributed by atoms with E-state index in [-0.39, 0.29) is 16.9 Å². The first kappa shape index (κ1) is 30.4. The minimum atomic E-state index is -0.663. The Kier molecular flexibility index (Phi) is 10.6. The van der Waals surface area contributed by atoms with Gasteiger partial charge in [0.15, 0.2) is 34.5 Å². The SMILES string of the molecule is CCOc1cc(C=NNC(=O)c2cc(OC)c(OC)c(OC)c2)ccc1OC(=O)c1cc(OC)c(OC)c(OC)c1. The van der Waals surface area contributed by atoms with E-state index < -0.39 is 11.9 Å². The van der Waals surface area contributed by atoms with Crippen molar-refractivity contribution in [1.82, 2.24) is 5.43 Å². The Morgan fingerprint density at radius 1 is 0.683 bits per heavy atom. The van der Waals surface area contributed by atoms with Crippen LogP contribution in [0, 0.1) is 0 Å². The third-order valence-corrected chi connectivity index (χ3v) is 5.68. The molecule has 218 valence electrons. The highest BCUT2D eigenvalue weighted by atomic mass is 16.6. The van der Waals surface area contributed by atoms with Crippen molar-refractivity contribution in [3.8, 4) is 46.0 Å². The smallest absolute Gasteiger partial charge is 0.343 e. The van der Waals surface area contributed by atoms with E-state index in [4.69, 9.17) is 37.9 Å². The number of carbonyl (C=O) groups is 2. The van der Waals surface area contributed by atoms with Gasteiger partial charge in [-0.1, -0.05) is 0 Å². The van der Waals surface area contributed by atoms with E-state index in [1.807, 2.05) is 0 Å². The van der Waals surface area contributed by atoms with Gasteiger partial charge >= 0.3 is 5.97 Å². The maximum atomic E-state index is 13.0. The molecule has 0 saturated carbocycles. The first-order chi connectivity index (χ1) is 19.8. The minimum absolute atomic E-state index is 0.182. The van der Waals surface area contributed by atoms with Crippen LogP contribution < -0.4 is 43.3 Å². The van der Waals surface area contributed by atoms with Crippen LogP contribution in [0.25, 0.3) is 0 Å². The number of amides is 1. The minimum Gasteiger partial charge on any atom is -0.493 e. The van der Waals surface area contributed by atoms with Crippen LogP contribution in [-0.2, 0) is 0 Å². The van der Waals surface area contributed by atoms with Crippen LogP contribution in [0.15, 0.2) is 47.6 Å². The molecule has 1 amide bonds. The van der Waals surface area contributed by atoms with Crippen LogP contribution in [0.5, 0.6) is 46.0 Å². The van der Waals surface area contributed by atoms with Crippen LogP contribution in [0.3, 0.4) is 0 Å². The fraction of sp³-hybridized carbons (Fsp3) is 0.276. The number of rotatable bonds is 13. The standard InChI is InChI=1S/C29H32N2O10/c1-8-40-21-11-17(16-30-31-28(32)18-12-22(34-2)26(38-6)23(13-18)35-3)9-10-20(21)41-29(33)19-14-24(36-4)27(39-7)25(15-19)37-5/h9-16H,8H2,1-7H3,(H,31,32). The molecule has 0 bridgehead atoms. The molecule has 0 aliphatic heterocycles. The predicted octanol–water partition coefficient (Wildman–Crippen LogP) is 4.12. The van der Waals surface area contributed by atoms with Gasteiger partial charge < -0.3 is 37.9 Å². The van der Waals surface area contributed by atoms with Crippen LogP contribution in [0.4, 0.5) is 0 Å². The van der Waals surface area contributed by atoms with E-state index >= 15 is 0 Å². The lowest BCUT2D eigenvalue weighted by molar-refractivity contribution is 0.0727. The number of hydrazone groups is 1. The maximum Gasteiger partial charge on any atom is 0.343 e. The molecule has 0 atom stereocenters. The summed E-state index contributed by atoms with van der Waals surface area (Å²) in [6, 6.07) is 10.8. The van der Waals surface area contributed by atoms with Gasteiger partial charge in [0.2, 0.25) is 11.5 Å². The molecule has 0 saturated heterocycles. The van der Waals surface area contributed by atoms with Gasteiger partial charge in [-0.3, -0.25) is 4.79 Å². The molecule has 3 aromatic rings. The first-order valence-corrected chi connectivity index (χ1v) is 12.3. The van der Waals surface area contributed by atoms with Gasteiger partial charge in [0, 0.05) is 5.56 Å². The highest BCUT2D eigenvalue weighted by molar-refractivity contribution is 5.96. The molecular formula is C29H32N2O10. The molecule has 12 heteroatoms. The Labute approximate surface area is 237 Å². The lowest BCUT2D eigenvalue weighted by Crippen LogP contribution is -2.18. The van der Waals surface area contributed by atoms with Crippen LogP contribution in [0.1, 0.15) is 33.2 Å². The summed E-state index contributed by atoms with van der Waals surface area (Å²) in [6.07, 6.45) is 1.42. The molecule has 0 aromatic heterocycles. The van der Waals surface area contributed by atoms with Crippen molar-refractivity contribution in [3.63, 3.8) is 0 Å². The molecular weight excluding hydrogens is 536 g/mol. The Hall–Kier alpha value is -5.13. The molecule has 12 nitrogen and oxygen atoms in total. The number of nitrogens with one attached hydrogen (secondary N) is 1. The van der Waals surface area contributed by atoms with Gasteiger partial charge in [0.05, 0.1) is 61.0 Å². The summed E-state index contributed by atoms with van der Waals surface area (Å²) in [6.45, 7) is 2.11.